The van der Waals surface area contributed by atoms with E-state index in [-0.39, 0.29) is 5.82 Å². The Hall–Kier alpha value is -1.86. The molecule has 4 nitrogen and oxygen atoms in total. The van der Waals surface area contributed by atoms with Gasteiger partial charge in [0, 0.05) is 22.3 Å². The normalized spacial score (nSPS) is 10.8. The van der Waals surface area contributed by atoms with E-state index in [0.717, 1.165) is 11.1 Å². The molecule has 0 atom stereocenters. The van der Waals surface area contributed by atoms with E-state index in [4.69, 9.17) is 9.26 Å². The zero-order valence-corrected chi connectivity index (χ0v) is 13.4. The van der Waals surface area contributed by atoms with Crippen molar-refractivity contribution in [3.8, 4) is 17.1 Å². The first kappa shape index (κ1) is 15.1. The molecule has 0 aliphatic rings. The molecule has 0 aliphatic carbocycles. The Bertz CT molecular complexity index is 744. The molecule has 3 rings (SSSR count). The predicted octanol–water partition coefficient (Wildman–Crippen LogP) is 4.38. The summed E-state index contributed by atoms with van der Waals surface area (Å²) in [7, 11) is 1.58. The number of hydrogen-bond donors (Lipinski definition) is 0. The van der Waals surface area contributed by atoms with E-state index in [9.17, 15) is 4.39 Å². The second kappa shape index (κ2) is 6.93. The summed E-state index contributed by atoms with van der Waals surface area (Å²) in [4.78, 5) is 4.35. The Morgan fingerprint density at radius 2 is 2.23 bits per heavy atom. The number of benzene rings is 1. The van der Waals surface area contributed by atoms with Gasteiger partial charge in [0.05, 0.1) is 12.9 Å². The topological polar surface area (TPSA) is 48.2 Å². The van der Waals surface area contributed by atoms with Crippen LogP contribution in [0.5, 0.6) is 5.75 Å². The van der Waals surface area contributed by atoms with Crippen LogP contribution in [0.2, 0.25) is 0 Å². The molecule has 0 aliphatic heterocycles. The van der Waals surface area contributed by atoms with E-state index in [0.29, 0.717) is 29.0 Å². The molecule has 0 saturated carbocycles. The number of hydrogen-bond acceptors (Lipinski definition) is 6. The van der Waals surface area contributed by atoms with Gasteiger partial charge in [0.1, 0.15) is 11.6 Å². The van der Waals surface area contributed by atoms with Gasteiger partial charge in [-0.15, -0.1) is 11.8 Å². The fourth-order valence-corrected chi connectivity index (χ4v) is 3.40. The molecule has 0 saturated heterocycles. The molecular formula is C15H13FN2O2S2. The van der Waals surface area contributed by atoms with Crippen LogP contribution in [0.3, 0.4) is 0 Å². The maximum Gasteiger partial charge on any atom is 0.236 e. The van der Waals surface area contributed by atoms with Gasteiger partial charge >= 0.3 is 0 Å². The largest absolute Gasteiger partial charge is 0.496 e. The Kier molecular flexibility index (Phi) is 4.74. The van der Waals surface area contributed by atoms with Crippen LogP contribution in [0, 0.1) is 5.82 Å². The van der Waals surface area contributed by atoms with Crippen molar-refractivity contribution >= 4 is 23.1 Å². The number of nitrogens with zero attached hydrogens (tertiary/aromatic N) is 2. The number of ether oxygens (including phenoxy) is 1. The van der Waals surface area contributed by atoms with Crippen molar-refractivity contribution in [1.29, 1.82) is 0 Å². The monoisotopic (exact) mass is 336 g/mol. The van der Waals surface area contributed by atoms with Gasteiger partial charge in [-0.25, -0.2) is 4.39 Å². The summed E-state index contributed by atoms with van der Waals surface area (Å²) >= 11 is 3.16. The lowest BCUT2D eigenvalue weighted by Crippen LogP contribution is -1.92. The Morgan fingerprint density at radius 1 is 1.32 bits per heavy atom. The molecule has 114 valence electrons. The lowest BCUT2D eigenvalue weighted by atomic mass is 10.2. The molecule has 0 N–H and O–H groups in total. The molecule has 0 radical (unpaired) electrons. The Balaban J connectivity index is 1.61. The number of halogens is 1. The first-order valence-corrected chi connectivity index (χ1v) is 8.61. The molecule has 0 fully saturated rings. The minimum Gasteiger partial charge on any atom is -0.496 e. The van der Waals surface area contributed by atoms with Gasteiger partial charge < -0.3 is 9.26 Å². The number of methoxy groups -OCH3 is 1. The quantitative estimate of drug-likeness (QED) is 0.668. The molecule has 2 aromatic heterocycles. The van der Waals surface area contributed by atoms with Gasteiger partial charge in [-0.05, 0) is 29.6 Å². The minimum atomic E-state index is -0.270. The van der Waals surface area contributed by atoms with E-state index in [1.165, 1.54) is 12.1 Å². The molecule has 22 heavy (non-hydrogen) atoms. The SMILES string of the molecule is COc1ccc(F)cc1CSCc1nc(-c2ccsc2)no1. The first-order chi connectivity index (χ1) is 10.8. The van der Waals surface area contributed by atoms with E-state index in [1.54, 1.807) is 36.3 Å². The van der Waals surface area contributed by atoms with E-state index < -0.39 is 0 Å². The fourth-order valence-electron chi connectivity index (χ4n) is 1.93. The lowest BCUT2D eigenvalue weighted by molar-refractivity contribution is 0.391. The zero-order chi connectivity index (χ0) is 15.4. The second-order valence-electron chi connectivity index (χ2n) is 4.47. The van der Waals surface area contributed by atoms with Crippen LogP contribution in [0.25, 0.3) is 11.4 Å². The molecular weight excluding hydrogens is 323 g/mol. The average molecular weight is 336 g/mol. The van der Waals surface area contributed by atoms with Gasteiger partial charge in [-0.3, -0.25) is 0 Å². The highest BCUT2D eigenvalue weighted by atomic mass is 32.2. The van der Waals surface area contributed by atoms with Crippen molar-refractivity contribution in [2.45, 2.75) is 11.5 Å². The third kappa shape index (κ3) is 3.48. The standard InChI is InChI=1S/C15H13FN2O2S2/c1-19-13-3-2-12(16)6-11(13)8-22-9-14-17-15(18-20-14)10-4-5-21-7-10/h2-7H,8-9H2,1H3. The summed E-state index contributed by atoms with van der Waals surface area (Å²) in [6.07, 6.45) is 0. The highest BCUT2D eigenvalue weighted by molar-refractivity contribution is 7.97. The number of thiophene rings is 1. The molecule has 3 aromatic rings. The summed E-state index contributed by atoms with van der Waals surface area (Å²) in [5.74, 6) is 2.74. The maximum atomic E-state index is 13.3. The molecule has 0 unspecified atom stereocenters. The van der Waals surface area contributed by atoms with Crippen LogP contribution >= 0.6 is 23.1 Å². The van der Waals surface area contributed by atoms with Crippen molar-refractivity contribution in [3.05, 3.63) is 52.3 Å². The van der Waals surface area contributed by atoms with Crippen molar-refractivity contribution in [2.24, 2.45) is 0 Å². The smallest absolute Gasteiger partial charge is 0.236 e. The van der Waals surface area contributed by atoms with Crippen molar-refractivity contribution < 1.29 is 13.7 Å². The number of thioether (sulfide) groups is 1. The number of rotatable bonds is 6. The maximum absolute atomic E-state index is 13.3. The fraction of sp³-hybridized carbons (Fsp3) is 0.200. The number of aromatic nitrogens is 2. The minimum absolute atomic E-state index is 0.270. The molecule has 0 spiro atoms. The predicted molar refractivity (Wildman–Crippen MR) is 85.6 cm³/mol. The zero-order valence-electron chi connectivity index (χ0n) is 11.8. The van der Waals surface area contributed by atoms with Crippen LogP contribution in [0.4, 0.5) is 4.39 Å². The summed E-state index contributed by atoms with van der Waals surface area (Å²) in [5.41, 5.74) is 1.77. The Labute approximate surface area is 135 Å². The summed E-state index contributed by atoms with van der Waals surface area (Å²) < 4.78 is 23.7. The van der Waals surface area contributed by atoms with Crippen LogP contribution in [-0.2, 0) is 11.5 Å². The second-order valence-corrected chi connectivity index (χ2v) is 6.24. The van der Waals surface area contributed by atoms with Gasteiger partial charge in [0.25, 0.3) is 0 Å². The molecule has 2 heterocycles. The van der Waals surface area contributed by atoms with E-state index in [2.05, 4.69) is 10.1 Å². The van der Waals surface area contributed by atoms with E-state index in [1.807, 2.05) is 16.8 Å². The van der Waals surface area contributed by atoms with Crippen LogP contribution in [0.15, 0.2) is 39.5 Å². The highest BCUT2D eigenvalue weighted by Crippen LogP contribution is 2.26. The first-order valence-electron chi connectivity index (χ1n) is 6.51. The van der Waals surface area contributed by atoms with E-state index >= 15 is 0 Å². The average Bonchev–Trinajstić information content (AvgIpc) is 3.18. The van der Waals surface area contributed by atoms with Crippen LogP contribution in [-0.4, -0.2) is 17.3 Å². The van der Waals surface area contributed by atoms with Crippen molar-refractivity contribution in [1.82, 2.24) is 10.1 Å². The van der Waals surface area contributed by atoms with Gasteiger partial charge in [-0.2, -0.15) is 16.3 Å². The van der Waals surface area contributed by atoms with Crippen LogP contribution in [0.1, 0.15) is 11.5 Å². The van der Waals surface area contributed by atoms with Gasteiger partial charge in [0.2, 0.25) is 11.7 Å². The Morgan fingerprint density at radius 3 is 3.00 bits per heavy atom. The third-order valence-corrected chi connectivity index (χ3v) is 4.62. The molecule has 0 bridgehead atoms. The van der Waals surface area contributed by atoms with Gasteiger partial charge in [0.15, 0.2) is 0 Å². The molecule has 0 amide bonds. The van der Waals surface area contributed by atoms with Crippen LogP contribution < -0.4 is 4.74 Å². The van der Waals surface area contributed by atoms with Gasteiger partial charge in [-0.1, -0.05) is 5.16 Å². The third-order valence-electron chi connectivity index (χ3n) is 2.97. The van der Waals surface area contributed by atoms with Crippen molar-refractivity contribution in [2.75, 3.05) is 7.11 Å². The summed E-state index contributed by atoms with van der Waals surface area (Å²) in [6.45, 7) is 0. The van der Waals surface area contributed by atoms with Crippen molar-refractivity contribution in [3.63, 3.8) is 0 Å². The highest BCUT2D eigenvalue weighted by Gasteiger charge is 2.10. The molecule has 7 heteroatoms. The molecule has 1 aromatic carbocycles. The summed E-state index contributed by atoms with van der Waals surface area (Å²) in [6, 6.07) is 6.45. The summed E-state index contributed by atoms with van der Waals surface area (Å²) in [5, 5.41) is 7.89. The lowest BCUT2D eigenvalue weighted by Gasteiger charge is -2.07.